The van der Waals surface area contributed by atoms with Crippen LogP contribution in [0.2, 0.25) is 0 Å². The summed E-state index contributed by atoms with van der Waals surface area (Å²) in [6.07, 6.45) is 0.902. The van der Waals surface area contributed by atoms with Crippen LogP contribution in [0.25, 0.3) is 0 Å². The molecule has 2 rings (SSSR count). The van der Waals surface area contributed by atoms with Gasteiger partial charge in [-0.05, 0) is 12.0 Å². The number of nitrogens with zero attached hydrogens (tertiary/aromatic N) is 1. The highest BCUT2D eigenvalue weighted by molar-refractivity contribution is 5.77. The Kier molecular flexibility index (Phi) is 6.66. The number of hydrogen-bond acceptors (Lipinski definition) is 4. The number of morpholine rings is 1. The maximum atomic E-state index is 11.9. The zero-order chi connectivity index (χ0) is 14.9. The lowest BCUT2D eigenvalue weighted by atomic mass is 10.1. The van der Waals surface area contributed by atoms with Crippen LogP contribution in [0.1, 0.15) is 18.1 Å². The molecule has 1 saturated heterocycles. The third kappa shape index (κ3) is 5.46. The Morgan fingerprint density at radius 2 is 2.24 bits per heavy atom. The van der Waals surface area contributed by atoms with E-state index in [1.54, 1.807) is 7.11 Å². The average molecular weight is 292 g/mol. The monoisotopic (exact) mass is 292 g/mol. The first-order chi connectivity index (χ1) is 10.3. The summed E-state index contributed by atoms with van der Waals surface area (Å²) in [7, 11) is 1.67. The average Bonchev–Trinajstić information content (AvgIpc) is 2.53. The number of carbonyl (C=O) groups is 1. The minimum Gasteiger partial charge on any atom is -0.385 e. The van der Waals surface area contributed by atoms with Crippen molar-refractivity contribution in [3.63, 3.8) is 0 Å². The summed E-state index contributed by atoms with van der Waals surface area (Å²) >= 11 is 0. The largest absolute Gasteiger partial charge is 0.385 e. The standard InChI is InChI=1S/C16H24N2O3/c1-20-10-5-8-17-16(19)13-18-9-11-21-15(12-18)14-6-3-2-4-7-14/h2-4,6-7,15H,5,8-13H2,1H3,(H,17,19)/t15-/m0/s1. The second-order valence-corrected chi connectivity index (χ2v) is 5.20. The minimum absolute atomic E-state index is 0.0567. The molecule has 1 fully saturated rings. The van der Waals surface area contributed by atoms with E-state index in [0.717, 1.165) is 19.5 Å². The van der Waals surface area contributed by atoms with Crippen LogP contribution < -0.4 is 5.32 Å². The molecule has 0 bridgehead atoms. The third-order valence-corrected chi connectivity index (χ3v) is 3.54. The van der Waals surface area contributed by atoms with Crippen LogP contribution in [0.3, 0.4) is 0 Å². The van der Waals surface area contributed by atoms with Crippen molar-refractivity contribution in [1.29, 1.82) is 0 Å². The van der Waals surface area contributed by atoms with Crippen molar-refractivity contribution in [1.82, 2.24) is 10.2 Å². The fraction of sp³-hybridized carbons (Fsp3) is 0.562. The molecule has 1 aromatic carbocycles. The maximum absolute atomic E-state index is 11.9. The third-order valence-electron chi connectivity index (χ3n) is 3.54. The van der Waals surface area contributed by atoms with Crippen molar-refractivity contribution < 1.29 is 14.3 Å². The molecule has 1 aliphatic rings. The molecule has 0 spiro atoms. The van der Waals surface area contributed by atoms with E-state index in [9.17, 15) is 4.79 Å². The number of ether oxygens (including phenoxy) is 2. The lowest BCUT2D eigenvalue weighted by molar-refractivity contribution is -0.124. The number of amides is 1. The predicted molar refractivity (Wildman–Crippen MR) is 81.1 cm³/mol. The first-order valence-corrected chi connectivity index (χ1v) is 7.44. The molecule has 1 heterocycles. The SMILES string of the molecule is COCCCNC(=O)CN1CCO[C@H](c2ccccc2)C1. The van der Waals surface area contributed by atoms with Gasteiger partial charge in [-0.3, -0.25) is 9.69 Å². The quantitative estimate of drug-likeness (QED) is 0.768. The molecule has 0 aromatic heterocycles. The molecule has 0 saturated carbocycles. The summed E-state index contributed by atoms with van der Waals surface area (Å²) in [6, 6.07) is 10.2. The van der Waals surface area contributed by atoms with E-state index < -0.39 is 0 Å². The minimum atomic E-state index is 0.0567. The highest BCUT2D eigenvalue weighted by Gasteiger charge is 2.23. The highest BCUT2D eigenvalue weighted by atomic mass is 16.5. The Bertz CT molecular complexity index is 425. The molecule has 0 aliphatic carbocycles. The normalized spacial score (nSPS) is 19.4. The van der Waals surface area contributed by atoms with Gasteiger partial charge in [0, 0.05) is 33.4 Å². The summed E-state index contributed by atoms with van der Waals surface area (Å²) < 4.78 is 10.8. The fourth-order valence-electron chi connectivity index (χ4n) is 2.42. The van der Waals surface area contributed by atoms with Crippen molar-refractivity contribution in [2.75, 3.05) is 46.5 Å². The van der Waals surface area contributed by atoms with E-state index in [0.29, 0.717) is 26.3 Å². The molecule has 5 nitrogen and oxygen atoms in total. The van der Waals surface area contributed by atoms with Crippen molar-refractivity contribution in [2.24, 2.45) is 0 Å². The van der Waals surface area contributed by atoms with Crippen LogP contribution in [0.4, 0.5) is 0 Å². The van der Waals surface area contributed by atoms with Crippen molar-refractivity contribution >= 4 is 5.91 Å². The van der Waals surface area contributed by atoms with Gasteiger partial charge < -0.3 is 14.8 Å². The first-order valence-electron chi connectivity index (χ1n) is 7.44. The van der Waals surface area contributed by atoms with E-state index in [1.165, 1.54) is 5.56 Å². The Balaban J connectivity index is 1.75. The summed E-state index contributed by atoms with van der Waals surface area (Å²) in [6.45, 7) is 3.99. The van der Waals surface area contributed by atoms with Crippen LogP contribution >= 0.6 is 0 Å². The molecule has 0 radical (unpaired) electrons. The van der Waals surface area contributed by atoms with Gasteiger partial charge in [-0.1, -0.05) is 30.3 Å². The number of nitrogens with one attached hydrogen (secondary N) is 1. The van der Waals surface area contributed by atoms with E-state index in [1.807, 2.05) is 18.2 Å². The van der Waals surface area contributed by atoms with Gasteiger partial charge in [0.1, 0.15) is 0 Å². The van der Waals surface area contributed by atoms with Gasteiger partial charge in [0.15, 0.2) is 0 Å². The molecule has 1 amide bonds. The van der Waals surface area contributed by atoms with Crippen molar-refractivity contribution in [3.8, 4) is 0 Å². The van der Waals surface area contributed by atoms with Crippen LogP contribution in [0.5, 0.6) is 0 Å². The van der Waals surface area contributed by atoms with Gasteiger partial charge in [0.05, 0.1) is 19.3 Å². The van der Waals surface area contributed by atoms with Gasteiger partial charge in [0.2, 0.25) is 5.91 Å². The van der Waals surface area contributed by atoms with Gasteiger partial charge in [-0.2, -0.15) is 0 Å². The summed E-state index contributed by atoms with van der Waals surface area (Å²) in [4.78, 5) is 14.0. The lowest BCUT2D eigenvalue weighted by Crippen LogP contribution is -2.44. The molecular weight excluding hydrogens is 268 g/mol. The maximum Gasteiger partial charge on any atom is 0.234 e. The summed E-state index contributed by atoms with van der Waals surface area (Å²) in [5.41, 5.74) is 1.17. The van der Waals surface area contributed by atoms with Crippen LogP contribution in [0, 0.1) is 0 Å². The van der Waals surface area contributed by atoms with Gasteiger partial charge in [-0.25, -0.2) is 0 Å². The zero-order valence-corrected chi connectivity index (χ0v) is 12.6. The number of benzene rings is 1. The van der Waals surface area contributed by atoms with E-state index in [4.69, 9.17) is 9.47 Å². The number of carbonyl (C=O) groups excluding carboxylic acids is 1. The Morgan fingerprint density at radius 3 is 3.00 bits per heavy atom. The Morgan fingerprint density at radius 1 is 1.43 bits per heavy atom. The van der Waals surface area contributed by atoms with Crippen molar-refractivity contribution in [2.45, 2.75) is 12.5 Å². The van der Waals surface area contributed by atoms with E-state index in [-0.39, 0.29) is 12.0 Å². The second-order valence-electron chi connectivity index (χ2n) is 5.20. The molecule has 1 aromatic rings. The number of rotatable bonds is 7. The Hall–Kier alpha value is -1.43. The van der Waals surface area contributed by atoms with Crippen LogP contribution in [0.15, 0.2) is 30.3 Å². The van der Waals surface area contributed by atoms with Crippen LogP contribution in [-0.4, -0.2) is 57.3 Å². The number of methoxy groups -OCH3 is 1. The van der Waals surface area contributed by atoms with Gasteiger partial charge >= 0.3 is 0 Å². The summed E-state index contributed by atoms with van der Waals surface area (Å²) in [5, 5.41) is 2.92. The molecule has 0 unspecified atom stereocenters. The van der Waals surface area contributed by atoms with Gasteiger partial charge in [-0.15, -0.1) is 0 Å². The van der Waals surface area contributed by atoms with E-state index in [2.05, 4.69) is 22.3 Å². The smallest absolute Gasteiger partial charge is 0.234 e. The second kappa shape index (κ2) is 8.77. The lowest BCUT2D eigenvalue weighted by Gasteiger charge is -2.32. The van der Waals surface area contributed by atoms with Gasteiger partial charge in [0.25, 0.3) is 0 Å². The predicted octanol–water partition coefficient (Wildman–Crippen LogP) is 1.21. The molecule has 1 atom stereocenters. The topological polar surface area (TPSA) is 50.8 Å². The zero-order valence-electron chi connectivity index (χ0n) is 12.6. The molecule has 5 heteroatoms. The Labute approximate surface area is 126 Å². The highest BCUT2D eigenvalue weighted by Crippen LogP contribution is 2.21. The molecule has 1 N–H and O–H groups in total. The molecule has 116 valence electrons. The van der Waals surface area contributed by atoms with E-state index >= 15 is 0 Å². The summed E-state index contributed by atoms with van der Waals surface area (Å²) in [5.74, 6) is 0.0693. The molecule has 1 aliphatic heterocycles. The van der Waals surface area contributed by atoms with Crippen LogP contribution in [-0.2, 0) is 14.3 Å². The van der Waals surface area contributed by atoms with Crippen molar-refractivity contribution in [3.05, 3.63) is 35.9 Å². The molecular formula is C16H24N2O3. The fourth-order valence-corrected chi connectivity index (χ4v) is 2.42. The first kappa shape index (κ1) is 15.9. The number of hydrogen-bond donors (Lipinski definition) is 1. The molecule has 21 heavy (non-hydrogen) atoms.